The Kier molecular flexibility index (Phi) is 6.62. The molecule has 12 rings (SSSR count). The van der Waals surface area contributed by atoms with Crippen molar-refractivity contribution >= 4 is 21.5 Å². The lowest BCUT2D eigenvalue weighted by Crippen LogP contribution is -2.14. The van der Waals surface area contributed by atoms with E-state index < -0.39 is 0 Å². The molecule has 57 heavy (non-hydrogen) atoms. The summed E-state index contributed by atoms with van der Waals surface area (Å²) in [6, 6.07) is 64.8. The second-order valence-corrected chi connectivity index (χ2v) is 17.6. The van der Waals surface area contributed by atoms with Crippen LogP contribution in [0.25, 0.3) is 88.3 Å². The molecule has 9 aromatic carbocycles. The minimum absolute atomic E-state index is 0.0592. The minimum atomic E-state index is -0.0797. The third-order valence-corrected chi connectivity index (χ3v) is 13.9. The molecule has 270 valence electrons. The van der Waals surface area contributed by atoms with Crippen LogP contribution in [0, 0.1) is 0 Å². The van der Waals surface area contributed by atoms with Gasteiger partial charge in [0.15, 0.2) is 0 Å². The van der Waals surface area contributed by atoms with E-state index in [1.165, 1.54) is 122 Å². The molecule has 0 heterocycles. The Morgan fingerprint density at radius 1 is 0.298 bits per heavy atom. The fourth-order valence-electron chi connectivity index (χ4n) is 11.0. The van der Waals surface area contributed by atoms with Crippen molar-refractivity contribution in [2.75, 3.05) is 0 Å². The van der Waals surface area contributed by atoms with Crippen LogP contribution in [0.5, 0.6) is 0 Å². The zero-order chi connectivity index (χ0) is 38.2. The summed E-state index contributed by atoms with van der Waals surface area (Å²) in [4.78, 5) is 0. The van der Waals surface area contributed by atoms with E-state index in [0.29, 0.717) is 0 Å². The van der Waals surface area contributed by atoms with Crippen molar-refractivity contribution < 1.29 is 0 Å². The molecule has 3 aliphatic rings. The first-order valence-corrected chi connectivity index (χ1v) is 20.5. The minimum Gasteiger partial charge on any atom is -0.0619 e. The van der Waals surface area contributed by atoms with E-state index in [0.717, 1.165) is 6.42 Å². The average Bonchev–Trinajstić information content (AvgIpc) is 3.81. The van der Waals surface area contributed by atoms with Crippen molar-refractivity contribution in [1.29, 1.82) is 0 Å². The maximum Gasteiger partial charge on any atom is 0.0159 e. The zero-order valence-corrected chi connectivity index (χ0v) is 32.9. The molecule has 0 amide bonds. The van der Waals surface area contributed by atoms with Crippen molar-refractivity contribution in [3.8, 4) is 66.8 Å². The van der Waals surface area contributed by atoms with Crippen molar-refractivity contribution in [3.63, 3.8) is 0 Å². The second-order valence-electron chi connectivity index (χ2n) is 17.6. The zero-order valence-electron chi connectivity index (χ0n) is 32.9. The van der Waals surface area contributed by atoms with Crippen LogP contribution in [-0.2, 0) is 17.3 Å². The summed E-state index contributed by atoms with van der Waals surface area (Å²) >= 11 is 0. The number of hydrogen-bond donors (Lipinski definition) is 0. The Morgan fingerprint density at radius 2 is 0.719 bits per heavy atom. The molecular weight excluding hydrogens is 685 g/mol. The Labute approximate surface area is 335 Å². The molecule has 0 saturated heterocycles. The fourth-order valence-corrected chi connectivity index (χ4v) is 11.0. The number of fused-ring (bicyclic) bond motifs is 11. The predicted octanol–water partition coefficient (Wildman–Crippen LogP) is 15.2. The van der Waals surface area contributed by atoms with Crippen LogP contribution in [0.4, 0.5) is 0 Å². The van der Waals surface area contributed by atoms with Crippen molar-refractivity contribution in [2.24, 2.45) is 0 Å². The van der Waals surface area contributed by atoms with Gasteiger partial charge in [-0.1, -0.05) is 179 Å². The maximum absolute atomic E-state index is 2.50. The summed E-state index contributed by atoms with van der Waals surface area (Å²) in [5.74, 6) is 0. The van der Waals surface area contributed by atoms with Crippen molar-refractivity contribution in [1.82, 2.24) is 0 Å². The molecule has 0 spiro atoms. The monoisotopic (exact) mass is 726 g/mol. The summed E-state index contributed by atoms with van der Waals surface area (Å²) in [7, 11) is 0. The molecule has 9 aromatic rings. The van der Waals surface area contributed by atoms with E-state index in [-0.39, 0.29) is 10.8 Å². The third-order valence-electron chi connectivity index (χ3n) is 13.9. The molecule has 0 unspecified atom stereocenters. The van der Waals surface area contributed by atoms with Gasteiger partial charge < -0.3 is 0 Å². The van der Waals surface area contributed by atoms with Gasteiger partial charge in [0, 0.05) is 10.8 Å². The first-order chi connectivity index (χ1) is 27.8. The lowest BCUT2D eigenvalue weighted by Gasteiger charge is -2.23. The summed E-state index contributed by atoms with van der Waals surface area (Å²) < 4.78 is 0. The fraction of sp³-hybridized carbons (Fsp3) is 0.123. The molecular formula is C57H42. The molecule has 0 aliphatic heterocycles. The van der Waals surface area contributed by atoms with E-state index >= 15 is 0 Å². The van der Waals surface area contributed by atoms with E-state index in [2.05, 4.69) is 198 Å². The number of hydrogen-bond acceptors (Lipinski definition) is 0. The summed E-state index contributed by atoms with van der Waals surface area (Å²) in [5.41, 5.74) is 24.2. The Bertz CT molecular complexity index is 3200. The summed E-state index contributed by atoms with van der Waals surface area (Å²) in [6.45, 7) is 9.52. The normalized spacial score (nSPS) is 14.9. The molecule has 0 heteroatoms. The Hall–Kier alpha value is -6.50. The van der Waals surface area contributed by atoms with Crippen LogP contribution in [-0.4, -0.2) is 0 Å². The van der Waals surface area contributed by atoms with Gasteiger partial charge in [-0.05, 0) is 146 Å². The van der Waals surface area contributed by atoms with Crippen LogP contribution < -0.4 is 0 Å². The van der Waals surface area contributed by atoms with Crippen LogP contribution in [0.1, 0.15) is 61.1 Å². The first-order valence-electron chi connectivity index (χ1n) is 20.5. The van der Waals surface area contributed by atoms with Gasteiger partial charge in [0.25, 0.3) is 0 Å². The van der Waals surface area contributed by atoms with Gasteiger partial charge in [0.05, 0.1) is 0 Å². The summed E-state index contributed by atoms with van der Waals surface area (Å²) in [6.07, 6.45) is 0.971. The van der Waals surface area contributed by atoms with Gasteiger partial charge in [-0.15, -0.1) is 0 Å². The molecule has 0 nitrogen and oxygen atoms in total. The van der Waals surface area contributed by atoms with Gasteiger partial charge in [-0.25, -0.2) is 0 Å². The maximum atomic E-state index is 2.50. The average molecular weight is 727 g/mol. The lowest BCUT2D eigenvalue weighted by atomic mass is 9.80. The Morgan fingerprint density at radius 3 is 1.39 bits per heavy atom. The van der Waals surface area contributed by atoms with Gasteiger partial charge in [-0.3, -0.25) is 0 Å². The van der Waals surface area contributed by atoms with Crippen LogP contribution >= 0.6 is 0 Å². The standard InChI is InChI=1S/C57H42/c1-56(2)50-19-11-9-15-42(50)44-26-21-35(32-52(44)56)34-22-28-48-49(31-34)55(37-23-25-41-39(30-37)29-36-13-5-6-14-40(36)41)47-18-8-7-17-46(47)54(48)38-24-27-45-43-16-10-12-20-51(43)57(3,4)53(45)33-38/h5-28,30-33H,29H2,1-4H3. The van der Waals surface area contributed by atoms with Gasteiger partial charge in [0.2, 0.25) is 0 Å². The molecule has 3 aliphatic carbocycles. The van der Waals surface area contributed by atoms with E-state index in [1.807, 2.05) is 0 Å². The number of benzene rings is 9. The van der Waals surface area contributed by atoms with Gasteiger partial charge in [0.1, 0.15) is 0 Å². The highest BCUT2D eigenvalue weighted by molar-refractivity contribution is 6.22. The predicted molar refractivity (Wildman–Crippen MR) is 241 cm³/mol. The highest BCUT2D eigenvalue weighted by Crippen LogP contribution is 2.53. The van der Waals surface area contributed by atoms with Crippen molar-refractivity contribution in [3.05, 3.63) is 203 Å². The molecule has 0 fully saturated rings. The third kappa shape index (κ3) is 4.50. The van der Waals surface area contributed by atoms with Gasteiger partial charge >= 0.3 is 0 Å². The lowest BCUT2D eigenvalue weighted by molar-refractivity contribution is 0.660. The molecule has 0 N–H and O–H groups in total. The first kappa shape index (κ1) is 32.7. The highest BCUT2D eigenvalue weighted by Gasteiger charge is 2.37. The molecule has 0 radical (unpaired) electrons. The highest BCUT2D eigenvalue weighted by atomic mass is 14.4. The number of rotatable bonds is 3. The van der Waals surface area contributed by atoms with Crippen LogP contribution in [0.15, 0.2) is 170 Å². The topological polar surface area (TPSA) is 0 Å². The van der Waals surface area contributed by atoms with Gasteiger partial charge in [-0.2, -0.15) is 0 Å². The van der Waals surface area contributed by atoms with Crippen LogP contribution in [0.2, 0.25) is 0 Å². The molecule has 0 atom stereocenters. The molecule has 0 aromatic heterocycles. The van der Waals surface area contributed by atoms with Crippen LogP contribution in [0.3, 0.4) is 0 Å². The van der Waals surface area contributed by atoms with E-state index in [9.17, 15) is 0 Å². The van der Waals surface area contributed by atoms with E-state index in [4.69, 9.17) is 0 Å². The van der Waals surface area contributed by atoms with Crippen molar-refractivity contribution in [2.45, 2.75) is 44.9 Å². The smallest absolute Gasteiger partial charge is 0.0159 e. The quantitative estimate of drug-likeness (QED) is 0.159. The SMILES string of the molecule is CC1(C)c2ccccc2-c2ccc(-c3ccc4c(-c5ccc6c(c5)C(C)(C)c5ccccc5-6)c5ccccc5c(-c5ccc6c(c5)Cc5ccccc5-6)c4c3)cc21. The second kappa shape index (κ2) is 11.5. The van der Waals surface area contributed by atoms with E-state index in [1.54, 1.807) is 0 Å². The largest absolute Gasteiger partial charge is 0.0619 e. The summed E-state index contributed by atoms with van der Waals surface area (Å²) in [5, 5.41) is 5.17. The molecule has 0 saturated carbocycles. The molecule has 0 bridgehead atoms. The Balaban J connectivity index is 1.12.